The topological polar surface area (TPSA) is 78.9 Å². The van der Waals surface area contributed by atoms with E-state index in [2.05, 4.69) is 20.8 Å². The molecule has 0 fully saturated rings. The zero-order valence-electron chi connectivity index (χ0n) is 35.1. The van der Waals surface area contributed by atoms with E-state index in [1.54, 1.807) is 0 Å². The molecule has 6 heteroatoms. The van der Waals surface area contributed by atoms with Gasteiger partial charge in [-0.1, -0.05) is 220 Å². The van der Waals surface area contributed by atoms with Gasteiger partial charge in [0.25, 0.3) is 0 Å². The third kappa shape index (κ3) is 39.6. The van der Waals surface area contributed by atoms with Gasteiger partial charge in [-0.15, -0.1) is 0 Å². The van der Waals surface area contributed by atoms with Gasteiger partial charge in [0.15, 0.2) is 6.10 Å². The van der Waals surface area contributed by atoms with Gasteiger partial charge in [-0.25, -0.2) is 0 Å². The van der Waals surface area contributed by atoms with Crippen molar-refractivity contribution in [3.63, 3.8) is 0 Å². The van der Waals surface area contributed by atoms with Gasteiger partial charge in [0.05, 0.1) is 0 Å². The van der Waals surface area contributed by atoms with E-state index in [9.17, 15) is 14.4 Å². The number of esters is 3. The molecule has 0 aromatic carbocycles. The molecule has 0 amide bonds. The van der Waals surface area contributed by atoms with Crippen LogP contribution in [0.25, 0.3) is 0 Å². The van der Waals surface area contributed by atoms with Crippen molar-refractivity contribution < 1.29 is 28.6 Å². The monoisotopic (exact) mass is 737 g/mol. The Bertz CT molecular complexity index is 768. The first-order chi connectivity index (χ1) is 25.5. The smallest absolute Gasteiger partial charge is 0.306 e. The van der Waals surface area contributed by atoms with E-state index in [1.807, 2.05) is 0 Å². The lowest BCUT2D eigenvalue weighted by atomic mass is 10.0. The lowest BCUT2D eigenvalue weighted by molar-refractivity contribution is -0.167. The molecule has 0 aromatic heterocycles. The van der Waals surface area contributed by atoms with Crippen LogP contribution in [0.1, 0.15) is 258 Å². The molecule has 308 valence electrons. The van der Waals surface area contributed by atoms with E-state index in [0.717, 1.165) is 57.8 Å². The van der Waals surface area contributed by atoms with Crippen LogP contribution in [0, 0.1) is 0 Å². The van der Waals surface area contributed by atoms with E-state index in [-0.39, 0.29) is 31.1 Å². The van der Waals surface area contributed by atoms with Crippen molar-refractivity contribution in [2.24, 2.45) is 0 Å². The molecule has 0 aromatic rings. The second-order valence-electron chi connectivity index (χ2n) is 15.7. The van der Waals surface area contributed by atoms with Crippen LogP contribution in [0.15, 0.2) is 0 Å². The van der Waals surface area contributed by atoms with Crippen LogP contribution in [0.3, 0.4) is 0 Å². The van der Waals surface area contributed by atoms with Crippen LogP contribution in [0.5, 0.6) is 0 Å². The van der Waals surface area contributed by atoms with Gasteiger partial charge < -0.3 is 14.2 Å². The quantitative estimate of drug-likeness (QED) is 0.0353. The molecule has 0 aliphatic heterocycles. The molecule has 0 radical (unpaired) electrons. The maximum atomic E-state index is 12.7. The summed E-state index contributed by atoms with van der Waals surface area (Å²) in [5.74, 6) is -0.856. The predicted octanol–water partition coefficient (Wildman–Crippen LogP) is 14.5. The highest BCUT2D eigenvalue weighted by Crippen LogP contribution is 2.16. The summed E-state index contributed by atoms with van der Waals surface area (Å²) in [5, 5.41) is 0. The van der Waals surface area contributed by atoms with Gasteiger partial charge in [0, 0.05) is 19.3 Å². The Kier molecular flexibility index (Phi) is 40.9. The fourth-order valence-electron chi connectivity index (χ4n) is 6.85. The molecule has 0 N–H and O–H groups in total. The number of carbonyl (C=O) groups is 3. The summed E-state index contributed by atoms with van der Waals surface area (Å²) in [6, 6.07) is 0. The summed E-state index contributed by atoms with van der Waals surface area (Å²) in [7, 11) is 0. The molecule has 0 aliphatic carbocycles. The summed E-state index contributed by atoms with van der Waals surface area (Å²) in [6.07, 6.45) is 42.3. The molecule has 0 spiro atoms. The lowest BCUT2D eigenvalue weighted by Gasteiger charge is -2.18. The van der Waals surface area contributed by atoms with Gasteiger partial charge >= 0.3 is 17.9 Å². The molecule has 52 heavy (non-hydrogen) atoms. The second-order valence-corrected chi connectivity index (χ2v) is 15.7. The van der Waals surface area contributed by atoms with Crippen molar-refractivity contribution in [2.75, 3.05) is 13.2 Å². The van der Waals surface area contributed by atoms with Gasteiger partial charge in [-0.3, -0.25) is 14.4 Å². The normalized spacial score (nSPS) is 11.8. The molecule has 0 saturated heterocycles. The molecule has 0 bridgehead atoms. The van der Waals surface area contributed by atoms with E-state index < -0.39 is 6.10 Å². The Balaban J connectivity index is 4.25. The molecule has 0 unspecified atom stereocenters. The van der Waals surface area contributed by atoms with Crippen molar-refractivity contribution in [1.82, 2.24) is 0 Å². The maximum Gasteiger partial charge on any atom is 0.306 e. The molecule has 0 rings (SSSR count). The first kappa shape index (κ1) is 50.4. The minimum atomic E-state index is -0.757. The molecular weight excluding hydrogens is 648 g/mol. The molecule has 0 aliphatic rings. The summed E-state index contributed by atoms with van der Waals surface area (Å²) in [4.78, 5) is 37.6. The highest BCUT2D eigenvalue weighted by atomic mass is 16.6. The Hall–Kier alpha value is -1.59. The average molecular weight is 737 g/mol. The van der Waals surface area contributed by atoms with Crippen LogP contribution in [0.4, 0.5) is 0 Å². The third-order valence-electron chi connectivity index (χ3n) is 10.4. The highest BCUT2D eigenvalue weighted by Gasteiger charge is 2.19. The van der Waals surface area contributed by atoms with Crippen LogP contribution >= 0.6 is 0 Å². The summed E-state index contributed by atoms with van der Waals surface area (Å²) in [6.45, 7) is 6.62. The summed E-state index contributed by atoms with van der Waals surface area (Å²) < 4.78 is 16.7. The van der Waals surface area contributed by atoms with E-state index >= 15 is 0 Å². The van der Waals surface area contributed by atoms with Crippen LogP contribution in [-0.4, -0.2) is 37.2 Å². The second kappa shape index (κ2) is 42.2. The number of carbonyl (C=O) groups excluding carboxylic acids is 3. The minimum Gasteiger partial charge on any atom is -0.462 e. The average Bonchev–Trinajstić information content (AvgIpc) is 3.14. The van der Waals surface area contributed by atoms with Crippen molar-refractivity contribution in [2.45, 2.75) is 264 Å². The first-order valence-corrected chi connectivity index (χ1v) is 23.0. The van der Waals surface area contributed by atoms with Crippen molar-refractivity contribution in [3.8, 4) is 0 Å². The number of hydrogen-bond acceptors (Lipinski definition) is 6. The largest absolute Gasteiger partial charge is 0.462 e. The third-order valence-corrected chi connectivity index (χ3v) is 10.4. The Morgan fingerprint density at radius 3 is 0.769 bits per heavy atom. The highest BCUT2D eigenvalue weighted by molar-refractivity contribution is 5.71. The molecule has 0 saturated carbocycles. The SMILES string of the molecule is CCCCCCCCCCCCCCCCC(=O)O[C@@H](COC(=O)CCCCCCCCC)COC(=O)CCCCCCCCCCCCCCC. The fraction of sp³-hybridized carbons (Fsp3) is 0.935. The Labute approximate surface area is 323 Å². The number of hydrogen-bond donors (Lipinski definition) is 0. The Morgan fingerprint density at radius 2 is 0.519 bits per heavy atom. The predicted molar refractivity (Wildman–Crippen MR) is 220 cm³/mol. The van der Waals surface area contributed by atoms with Crippen LogP contribution < -0.4 is 0 Å². The summed E-state index contributed by atoms with van der Waals surface area (Å²) in [5.41, 5.74) is 0. The van der Waals surface area contributed by atoms with Gasteiger partial charge in [0.2, 0.25) is 0 Å². The number of ether oxygens (including phenoxy) is 3. The van der Waals surface area contributed by atoms with E-state index in [4.69, 9.17) is 14.2 Å². The zero-order chi connectivity index (χ0) is 38.0. The fourth-order valence-corrected chi connectivity index (χ4v) is 6.85. The lowest BCUT2D eigenvalue weighted by Crippen LogP contribution is -2.30. The number of rotatable bonds is 42. The van der Waals surface area contributed by atoms with Gasteiger partial charge in [-0.2, -0.15) is 0 Å². The molecule has 1 atom stereocenters. The summed E-state index contributed by atoms with van der Waals surface area (Å²) >= 11 is 0. The standard InChI is InChI=1S/C46H88O6/c1-4-7-10-13-16-18-20-22-24-26-28-31-34-37-40-46(49)52-43(41-50-44(47)38-35-32-29-15-12-9-6-3)42-51-45(48)39-36-33-30-27-25-23-21-19-17-14-11-8-5-2/h43H,4-42H2,1-3H3/t43-/m0/s1. The molecule has 0 heterocycles. The van der Waals surface area contributed by atoms with Crippen molar-refractivity contribution >= 4 is 17.9 Å². The maximum absolute atomic E-state index is 12.7. The van der Waals surface area contributed by atoms with E-state index in [1.165, 1.54) is 161 Å². The molecular formula is C46H88O6. The van der Waals surface area contributed by atoms with Crippen LogP contribution in [0.2, 0.25) is 0 Å². The van der Waals surface area contributed by atoms with Crippen LogP contribution in [-0.2, 0) is 28.6 Å². The van der Waals surface area contributed by atoms with E-state index in [0.29, 0.717) is 19.3 Å². The van der Waals surface area contributed by atoms with Gasteiger partial charge in [0.1, 0.15) is 13.2 Å². The first-order valence-electron chi connectivity index (χ1n) is 23.0. The molecule has 6 nitrogen and oxygen atoms in total. The Morgan fingerprint density at radius 1 is 0.308 bits per heavy atom. The minimum absolute atomic E-state index is 0.0630. The van der Waals surface area contributed by atoms with Crippen molar-refractivity contribution in [1.29, 1.82) is 0 Å². The van der Waals surface area contributed by atoms with Crippen molar-refractivity contribution in [3.05, 3.63) is 0 Å². The zero-order valence-corrected chi connectivity index (χ0v) is 35.1. The number of unbranched alkanes of at least 4 members (excludes halogenated alkanes) is 31. The van der Waals surface area contributed by atoms with Gasteiger partial charge in [-0.05, 0) is 19.3 Å².